The number of thioether (sulfide) groups is 1. The normalized spacial score (nSPS) is 10.4. The van der Waals surface area contributed by atoms with Crippen molar-refractivity contribution in [2.24, 2.45) is 0 Å². The molecule has 0 aliphatic carbocycles. The van der Waals surface area contributed by atoms with E-state index in [9.17, 15) is 9.59 Å². The number of nitrogens with one attached hydrogen (secondary N) is 1. The lowest BCUT2D eigenvalue weighted by Gasteiger charge is -2.00. The third-order valence-corrected chi connectivity index (χ3v) is 3.97. The van der Waals surface area contributed by atoms with Gasteiger partial charge < -0.3 is 9.72 Å². The van der Waals surface area contributed by atoms with Crippen molar-refractivity contribution < 1.29 is 14.3 Å². The van der Waals surface area contributed by atoms with Crippen molar-refractivity contribution in [2.75, 3.05) is 12.4 Å². The second-order valence-corrected chi connectivity index (χ2v) is 5.92. The molecule has 2 aromatic rings. The largest absolute Gasteiger partial charge is 0.461 e. The number of hydrogen-bond acceptors (Lipinski definition) is 5. The number of carbonyl (C=O) groups is 2. The summed E-state index contributed by atoms with van der Waals surface area (Å²) in [7, 11) is 0. The Morgan fingerprint density at radius 1 is 1.33 bits per heavy atom. The van der Waals surface area contributed by atoms with E-state index >= 15 is 0 Å². The topological polar surface area (TPSA) is 72.0 Å². The van der Waals surface area contributed by atoms with Crippen LogP contribution < -0.4 is 0 Å². The molecule has 0 amide bonds. The molecule has 1 heterocycles. The summed E-state index contributed by atoms with van der Waals surface area (Å²) in [6, 6.07) is 7.17. The van der Waals surface area contributed by atoms with Gasteiger partial charge in [-0.2, -0.15) is 0 Å². The Morgan fingerprint density at radius 3 is 2.71 bits per heavy atom. The van der Waals surface area contributed by atoms with Crippen LogP contribution in [0.15, 0.2) is 40.1 Å². The Labute approximate surface area is 134 Å². The van der Waals surface area contributed by atoms with E-state index in [1.54, 1.807) is 19.1 Å². The maximum atomic E-state index is 12.0. The zero-order valence-corrected chi connectivity index (χ0v) is 13.7. The number of rotatable bonds is 6. The Morgan fingerprint density at radius 2 is 2.05 bits per heavy atom. The summed E-state index contributed by atoms with van der Waals surface area (Å²) in [6.07, 6.45) is 1.41. The first-order valence-electron chi connectivity index (χ1n) is 6.24. The highest BCUT2D eigenvalue weighted by atomic mass is 79.9. The second kappa shape index (κ2) is 7.42. The van der Waals surface area contributed by atoms with Crippen molar-refractivity contribution in [1.29, 1.82) is 0 Å². The molecular weight excluding hydrogens is 356 g/mol. The first-order chi connectivity index (χ1) is 10.1. The number of aromatic nitrogens is 2. The fraction of sp³-hybridized carbons (Fsp3) is 0.214. The maximum Gasteiger partial charge on any atom is 0.356 e. The molecule has 0 aliphatic rings. The number of benzene rings is 1. The fourth-order valence-corrected chi connectivity index (χ4v) is 2.55. The van der Waals surface area contributed by atoms with E-state index in [-0.39, 0.29) is 17.2 Å². The number of aromatic amines is 1. The predicted octanol–water partition coefficient (Wildman–Crippen LogP) is 3.32. The number of esters is 1. The van der Waals surface area contributed by atoms with Gasteiger partial charge in [0.15, 0.2) is 10.9 Å². The number of H-pyrrole nitrogens is 1. The smallest absolute Gasteiger partial charge is 0.356 e. The number of halogens is 1. The van der Waals surface area contributed by atoms with Crippen LogP contribution in [0, 0.1) is 0 Å². The van der Waals surface area contributed by atoms with Crippen LogP contribution in [0.5, 0.6) is 0 Å². The summed E-state index contributed by atoms with van der Waals surface area (Å²) in [5.41, 5.74) is 0.929. The minimum absolute atomic E-state index is 0.00147. The lowest BCUT2D eigenvalue weighted by molar-refractivity contribution is 0.0519. The standard InChI is InChI=1S/C14H13BrN2O3S/c1-2-20-13(19)11-7-16-14(17-11)21-8-12(18)9-3-5-10(15)6-4-9/h3-7H,2,8H2,1H3,(H,16,17). The summed E-state index contributed by atoms with van der Waals surface area (Å²) in [5.74, 6) is -0.199. The molecular formula is C14H13BrN2O3S. The van der Waals surface area contributed by atoms with Crippen molar-refractivity contribution in [3.8, 4) is 0 Å². The third-order valence-electron chi connectivity index (χ3n) is 2.55. The van der Waals surface area contributed by atoms with Gasteiger partial charge in [-0.05, 0) is 19.1 Å². The molecule has 0 spiro atoms. The van der Waals surface area contributed by atoms with E-state index in [1.807, 2.05) is 12.1 Å². The highest BCUT2D eigenvalue weighted by Crippen LogP contribution is 2.17. The van der Waals surface area contributed by atoms with Gasteiger partial charge in [0, 0.05) is 10.0 Å². The van der Waals surface area contributed by atoms with Gasteiger partial charge in [0.05, 0.1) is 18.6 Å². The first kappa shape index (κ1) is 15.8. The highest BCUT2D eigenvalue weighted by molar-refractivity contribution is 9.10. The summed E-state index contributed by atoms with van der Waals surface area (Å²) in [4.78, 5) is 30.4. The van der Waals surface area contributed by atoms with Crippen molar-refractivity contribution >= 4 is 39.4 Å². The summed E-state index contributed by atoms with van der Waals surface area (Å²) >= 11 is 4.57. The third kappa shape index (κ3) is 4.44. The first-order valence-corrected chi connectivity index (χ1v) is 8.01. The number of hydrogen-bond donors (Lipinski definition) is 1. The molecule has 0 saturated carbocycles. The Bertz CT molecular complexity index is 640. The number of nitrogens with zero attached hydrogens (tertiary/aromatic N) is 1. The Hall–Kier alpha value is -1.60. The average molecular weight is 369 g/mol. The van der Waals surface area contributed by atoms with Crippen LogP contribution in [0.3, 0.4) is 0 Å². The molecule has 1 aromatic carbocycles. The number of ether oxygens (including phenoxy) is 1. The highest BCUT2D eigenvalue weighted by Gasteiger charge is 2.12. The zero-order valence-electron chi connectivity index (χ0n) is 11.3. The maximum absolute atomic E-state index is 12.0. The predicted molar refractivity (Wildman–Crippen MR) is 83.7 cm³/mol. The molecule has 2 rings (SSSR count). The minimum Gasteiger partial charge on any atom is -0.461 e. The minimum atomic E-state index is -0.448. The van der Waals surface area contributed by atoms with Crippen molar-refractivity contribution in [1.82, 2.24) is 9.97 Å². The molecule has 0 fully saturated rings. The van der Waals surface area contributed by atoms with Gasteiger partial charge in [-0.3, -0.25) is 4.79 Å². The van der Waals surface area contributed by atoms with E-state index in [2.05, 4.69) is 25.9 Å². The molecule has 1 N–H and O–H groups in total. The molecule has 110 valence electrons. The van der Waals surface area contributed by atoms with Crippen LogP contribution in [0.1, 0.15) is 27.8 Å². The monoisotopic (exact) mass is 368 g/mol. The molecule has 0 atom stereocenters. The van der Waals surface area contributed by atoms with Gasteiger partial charge in [0.25, 0.3) is 0 Å². The molecule has 0 unspecified atom stereocenters. The quantitative estimate of drug-likeness (QED) is 0.481. The van der Waals surface area contributed by atoms with E-state index in [1.165, 1.54) is 18.0 Å². The molecule has 0 radical (unpaired) electrons. The van der Waals surface area contributed by atoms with Crippen LogP contribution in [-0.4, -0.2) is 34.1 Å². The van der Waals surface area contributed by atoms with E-state index < -0.39 is 5.97 Å². The van der Waals surface area contributed by atoms with E-state index in [0.29, 0.717) is 17.3 Å². The SMILES string of the molecule is CCOC(=O)c1cnc(SCC(=O)c2ccc(Br)cc2)[nH]1. The summed E-state index contributed by atoms with van der Waals surface area (Å²) in [6.45, 7) is 2.04. The van der Waals surface area contributed by atoms with Gasteiger partial charge in [-0.15, -0.1) is 0 Å². The average Bonchev–Trinajstić information content (AvgIpc) is 2.95. The summed E-state index contributed by atoms with van der Waals surface area (Å²) < 4.78 is 5.78. The number of ketones is 1. The van der Waals surface area contributed by atoms with Crippen molar-refractivity contribution in [3.63, 3.8) is 0 Å². The molecule has 0 saturated heterocycles. The molecule has 0 aliphatic heterocycles. The molecule has 1 aromatic heterocycles. The molecule has 5 nitrogen and oxygen atoms in total. The van der Waals surface area contributed by atoms with Crippen LogP contribution >= 0.6 is 27.7 Å². The Kier molecular flexibility index (Phi) is 5.58. The van der Waals surface area contributed by atoms with Gasteiger partial charge in [-0.1, -0.05) is 39.8 Å². The number of imidazole rings is 1. The van der Waals surface area contributed by atoms with Crippen LogP contribution in [0.4, 0.5) is 0 Å². The van der Waals surface area contributed by atoms with Crippen molar-refractivity contribution in [2.45, 2.75) is 12.1 Å². The van der Waals surface area contributed by atoms with E-state index in [0.717, 1.165) is 4.47 Å². The van der Waals surface area contributed by atoms with Crippen LogP contribution in [-0.2, 0) is 4.74 Å². The van der Waals surface area contributed by atoms with Gasteiger partial charge in [0.1, 0.15) is 5.69 Å². The molecule has 21 heavy (non-hydrogen) atoms. The Balaban J connectivity index is 1.92. The fourth-order valence-electron chi connectivity index (χ4n) is 1.54. The lowest BCUT2D eigenvalue weighted by Crippen LogP contribution is -2.05. The summed E-state index contributed by atoms with van der Waals surface area (Å²) in [5, 5.41) is 0.517. The number of carbonyl (C=O) groups excluding carboxylic acids is 2. The molecule has 7 heteroatoms. The van der Waals surface area contributed by atoms with Gasteiger partial charge >= 0.3 is 5.97 Å². The zero-order chi connectivity index (χ0) is 15.2. The van der Waals surface area contributed by atoms with Crippen LogP contribution in [0.2, 0.25) is 0 Å². The van der Waals surface area contributed by atoms with Crippen LogP contribution in [0.25, 0.3) is 0 Å². The van der Waals surface area contributed by atoms with E-state index in [4.69, 9.17) is 4.74 Å². The van der Waals surface area contributed by atoms with Gasteiger partial charge in [0.2, 0.25) is 0 Å². The lowest BCUT2D eigenvalue weighted by atomic mass is 10.2. The van der Waals surface area contributed by atoms with Crippen molar-refractivity contribution in [3.05, 3.63) is 46.2 Å². The number of Topliss-reactive ketones (excluding diaryl/α,β-unsaturated/α-hetero) is 1. The van der Waals surface area contributed by atoms with Gasteiger partial charge in [-0.25, -0.2) is 9.78 Å². The second-order valence-electron chi connectivity index (χ2n) is 4.04. The molecule has 0 bridgehead atoms.